The minimum atomic E-state index is -0.645. The number of hydrogen-bond donors (Lipinski definition) is 2. The van der Waals surface area contributed by atoms with Gasteiger partial charge in [0.2, 0.25) is 0 Å². The summed E-state index contributed by atoms with van der Waals surface area (Å²) in [4.78, 5) is 0. The second-order valence-electron chi connectivity index (χ2n) is 3.30. The summed E-state index contributed by atoms with van der Waals surface area (Å²) in [6.07, 6.45) is 0.914. The van der Waals surface area contributed by atoms with Crippen LogP contribution in [0.15, 0.2) is 0 Å². The maximum absolute atomic E-state index is 12.7. The monoisotopic (exact) mass is 146 g/mol. The third-order valence-electron chi connectivity index (χ3n) is 2.58. The van der Waals surface area contributed by atoms with Crippen molar-refractivity contribution in [1.82, 2.24) is 5.43 Å². The molecular formula is C7H15FN2. The Bertz CT molecular complexity index is 125. The Hall–Kier alpha value is -0.150. The first-order valence-electron chi connectivity index (χ1n) is 3.75. The van der Waals surface area contributed by atoms with Gasteiger partial charge < -0.3 is 0 Å². The lowest BCUT2D eigenvalue weighted by molar-refractivity contribution is 0.285. The van der Waals surface area contributed by atoms with E-state index in [1.807, 2.05) is 13.8 Å². The average Bonchev–Trinajstić information content (AvgIpc) is 2.44. The van der Waals surface area contributed by atoms with Crippen LogP contribution in [0.4, 0.5) is 4.39 Å². The fourth-order valence-electron chi connectivity index (χ4n) is 1.46. The van der Waals surface area contributed by atoms with Crippen LogP contribution in [0.1, 0.15) is 26.7 Å². The van der Waals surface area contributed by atoms with Gasteiger partial charge in [-0.25, -0.2) is 4.39 Å². The Kier molecular flexibility index (Phi) is 1.97. The highest BCUT2D eigenvalue weighted by atomic mass is 19.1. The molecule has 3 atom stereocenters. The number of nitrogens with one attached hydrogen (secondary N) is 1. The lowest BCUT2D eigenvalue weighted by Crippen LogP contribution is -2.41. The van der Waals surface area contributed by atoms with Gasteiger partial charge in [-0.1, -0.05) is 13.8 Å². The van der Waals surface area contributed by atoms with E-state index in [-0.39, 0.29) is 11.5 Å². The van der Waals surface area contributed by atoms with Crippen molar-refractivity contribution < 1.29 is 4.39 Å². The highest BCUT2D eigenvalue weighted by Gasteiger charge is 2.55. The zero-order valence-corrected chi connectivity index (χ0v) is 6.52. The van der Waals surface area contributed by atoms with E-state index >= 15 is 0 Å². The molecule has 3 unspecified atom stereocenters. The molecule has 10 heavy (non-hydrogen) atoms. The maximum Gasteiger partial charge on any atom is 0.108 e. The molecular weight excluding hydrogens is 131 g/mol. The summed E-state index contributed by atoms with van der Waals surface area (Å²) in [5, 5.41) is 0. The molecule has 0 aromatic heterocycles. The molecule has 3 heteroatoms. The zero-order chi connectivity index (χ0) is 7.78. The Morgan fingerprint density at radius 2 is 2.40 bits per heavy atom. The first-order valence-corrected chi connectivity index (χ1v) is 3.75. The van der Waals surface area contributed by atoms with Crippen LogP contribution in [0, 0.1) is 5.41 Å². The SMILES string of the molecule is CCC(NN)C1(C)CC1F. The third-order valence-corrected chi connectivity index (χ3v) is 2.58. The normalized spacial score (nSPS) is 41.4. The Labute approximate surface area is 60.9 Å². The van der Waals surface area contributed by atoms with E-state index in [9.17, 15) is 4.39 Å². The lowest BCUT2D eigenvalue weighted by Gasteiger charge is -2.20. The maximum atomic E-state index is 12.7. The van der Waals surface area contributed by atoms with Crippen molar-refractivity contribution in [1.29, 1.82) is 0 Å². The summed E-state index contributed by atoms with van der Waals surface area (Å²) in [5.41, 5.74) is 2.47. The van der Waals surface area contributed by atoms with Crippen molar-refractivity contribution in [2.45, 2.75) is 38.9 Å². The summed E-state index contributed by atoms with van der Waals surface area (Å²) in [5.74, 6) is 5.25. The van der Waals surface area contributed by atoms with Crippen LogP contribution in [0.2, 0.25) is 0 Å². The largest absolute Gasteiger partial charge is 0.271 e. The van der Waals surface area contributed by atoms with E-state index in [0.29, 0.717) is 6.42 Å². The van der Waals surface area contributed by atoms with Crippen molar-refractivity contribution >= 4 is 0 Å². The van der Waals surface area contributed by atoms with Crippen LogP contribution in [-0.2, 0) is 0 Å². The highest BCUT2D eigenvalue weighted by molar-refractivity contribution is 5.06. The van der Waals surface area contributed by atoms with Gasteiger partial charge in [-0.2, -0.15) is 0 Å². The highest BCUT2D eigenvalue weighted by Crippen LogP contribution is 2.51. The summed E-state index contributed by atoms with van der Waals surface area (Å²) in [6.45, 7) is 3.95. The molecule has 0 heterocycles. The average molecular weight is 146 g/mol. The molecule has 0 amide bonds. The molecule has 1 fully saturated rings. The first-order chi connectivity index (χ1) is 4.65. The quantitative estimate of drug-likeness (QED) is 0.460. The minimum Gasteiger partial charge on any atom is -0.271 e. The van der Waals surface area contributed by atoms with Crippen LogP contribution in [0.5, 0.6) is 0 Å². The van der Waals surface area contributed by atoms with Gasteiger partial charge in [0.25, 0.3) is 0 Å². The van der Waals surface area contributed by atoms with Gasteiger partial charge in [0.05, 0.1) is 0 Å². The van der Waals surface area contributed by atoms with Crippen LogP contribution >= 0.6 is 0 Å². The van der Waals surface area contributed by atoms with Crippen LogP contribution in [0.3, 0.4) is 0 Å². The van der Waals surface area contributed by atoms with Crippen LogP contribution in [-0.4, -0.2) is 12.2 Å². The molecule has 0 aliphatic heterocycles. The lowest BCUT2D eigenvalue weighted by atomic mass is 9.97. The molecule has 2 nitrogen and oxygen atoms in total. The van der Waals surface area contributed by atoms with E-state index in [0.717, 1.165) is 6.42 Å². The number of hydrogen-bond acceptors (Lipinski definition) is 2. The van der Waals surface area contributed by atoms with Gasteiger partial charge in [-0.15, -0.1) is 0 Å². The second kappa shape index (κ2) is 2.47. The van der Waals surface area contributed by atoms with E-state index in [1.54, 1.807) is 0 Å². The van der Waals surface area contributed by atoms with E-state index in [4.69, 9.17) is 5.84 Å². The molecule has 1 rings (SSSR count). The van der Waals surface area contributed by atoms with Crippen LogP contribution in [0.25, 0.3) is 0 Å². The van der Waals surface area contributed by atoms with Gasteiger partial charge in [-0.05, 0) is 12.8 Å². The second-order valence-corrected chi connectivity index (χ2v) is 3.30. The van der Waals surface area contributed by atoms with Gasteiger partial charge >= 0.3 is 0 Å². The third kappa shape index (κ3) is 1.04. The van der Waals surface area contributed by atoms with Gasteiger partial charge in [0.1, 0.15) is 6.17 Å². The van der Waals surface area contributed by atoms with Gasteiger partial charge in [-0.3, -0.25) is 11.3 Å². The fraction of sp³-hybridized carbons (Fsp3) is 1.00. The molecule has 0 bridgehead atoms. The summed E-state index contributed by atoms with van der Waals surface area (Å²) < 4.78 is 12.7. The summed E-state index contributed by atoms with van der Waals surface area (Å²) in [7, 11) is 0. The molecule has 3 N–H and O–H groups in total. The van der Waals surface area contributed by atoms with E-state index in [2.05, 4.69) is 5.43 Å². The Balaban J connectivity index is 2.46. The predicted octanol–water partition coefficient (Wildman–Crippen LogP) is 0.976. The molecule has 0 saturated heterocycles. The number of alkyl halides is 1. The van der Waals surface area contributed by atoms with Crippen molar-refractivity contribution in [3.63, 3.8) is 0 Å². The molecule has 0 spiro atoms. The Morgan fingerprint density at radius 3 is 2.50 bits per heavy atom. The molecule has 0 aromatic carbocycles. The van der Waals surface area contributed by atoms with Crippen molar-refractivity contribution in [3.05, 3.63) is 0 Å². The smallest absolute Gasteiger partial charge is 0.108 e. The zero-order valence-electron chi connectivity index (χ0n) is 6.52. The van der Waals surface area contributed by atoms with Crippen LogP contribution < -0.4 is 11.3 Å². The van der Waals surface area contributed by atoms with E-state index in [1.165, 1.54) is 0 Å². The number of rotatable bonds is 3. The van der Waals surface area contributed by atoms with Crippen molar-refractivity contribution in [2.24, 2.45) is 11.3 Å². The number of halogens is 1. The Morgan fingerprint density at radius 1 is 1.90 bits per heavy atom. The molecule has 1 aliphatic carbocycles. The number of hydrazine groups is 1. The topological polar surface area (TPSA) is 38.0 Å². The van der Waals surface area contributed by atoms with E-state index < -0.39 is 6.17 Å². The first kappa shape index (κ1) is 7.95. The molecule has 0 aromatic rings. The summed E-state index contributed by atoms with van der Waals surface area (Å²) >= 11 is 0. The standard InChI is InChI=1S/C7H15FN2/c1-3-6(10-9)7(2)4-5(7)8/h5-6,10H,3-4,9H2,1-2H3. The van der Waals surface area contributed by atoms with Crippen molar-refractivity contribution in [2.75, 3.05) is 0 Å². The fourth-order valence-corrected chi connectivity index (χ4v) is 1.46. The summed E-state index contributed by atoms with van der Waals surface area (Å²) in [6, 6.07) is 0.141. The molecule has 1 saturated carbocycles. The molecule has 1 aliphatic rings. The molecule has 60 valence electrons. The number of nitrogens with two attached hydrogens (primary N) is 1. The van der Waals surface area contributed by atoms with Gasteiger partial charge in [0.15, 0.2) is 0 Å². The predicted molar refractivity (Wildman–Crippen MR) is 39.0 cm³/mol. The minimum absolute atomic E-state index is 0.141. The molecule has 0 radical (unpaired) electrons. The van der Waals surface area contributed by atoms with Gasteiger partial charge in [0, 0.05) is 11.5 Å². The van der Waals surface area contributed by atoms with Crippen molar-refractivity contribution in [3.8, 4) is 0 Å².